The fourth-order valence-corrected chi connectivity index (χ4v) is 2.56. The molecule has 126 valence electrons. The van der Waals surface area contributed by atoms with Gasteiger partial charge in [0.25, 0.3) is 0 Å². The molecule has 2 rings (SSSR count). The molecule has 2 N–H and O–H groups in total. The van der Waals surface area contributed by atoms with E-state index in [9.17, 15) is 14.4 Å². The van der Waals surface area contributed by atoms with Crippen molar-refractivity contribution < 1.29 is 19.1 Å². The predicted molar refractivity (Wildman–Crippen MR) is 92.7 cm³/mol. The molecule has 24 heavy (non-hydrogen) atoms. The zero-order valence-electron chi connectivity index (χ0n) is 13.4. The fraction of sp³-hybridized carbons (Fsp3) is 0.235. The topological polar surface area (TPSA) is 84.5 Å². The molecule has 1 aromatic heterocycles. The smallest absolute Gasteiger partial charge is 0.340 e. The average Bonchev–Trinajstić information content (AvgIpc) is 3.06. The predicted octanol–water partition coefficient (Wildman–Crippen LogP) is 3.32. The van der Waals surface area contributed by atoms with E-state index in [1.165, 1.54) is 17.4 Å². The van der Waals surface area contributed by atoms with Crippen molar-refractivity contribution in [3.05, 3.63) is 52.2 Å². The van der Waals surface area contributed by atoms with Gasteiger partial charge in [0.15, 0.2) is 6.61 Å². The molecule has 7 heteroatoms. The summed E-state index contributed by atoms with van der Waals surface area (Å²) >= 11 is 1.29. The molecule has 0 aliphatic rings. The van der Waals surface area contributed by atoms with Crippen LogP contribution in [0.25, 0.3) is 0 Å². The maximum atomic E-state index is 12.2. The van der Waals surface area contributed by atoms with Crippen LogP contribution in [0, 0.1) is 0 Å². The molecule has 6 nitrogen and oxygen atoms in total. The number of esters is 1. The number of hydrogen-bond acceptors (Lipinski definition) is 5. The van der Waals surface area contributed by atoms with E-state index in [4.69, 9.17) is 4.74 Å². The van der Waals surface area contributed by atoms with Gasteiger partial charge in [-0.05, 0) is 37.4 Å². The van der Waals surface area contributed by atoms with Gasteiger partial charge in [0.1, 0.15) is 0 Å². The Morgan fingerprint density at radius 3 is 2.54 bits per heavy atom. The van der Waals surface area contributed by atoms with Crippen molar-refractivity contribution in [2.24, 2.45) is 0 Å². The van der Waals surface area contributed by atoms with Crippen LogP contribution in [0.1, 0.15) is 33.9 Å². The maximum Gasteiger partial charge on any atom is 0.340 e. The third kappa shape index (κ3) is 4.92. The fourth-order valence-electron chi connectivity index (χ4n) is 1.91. The number of rotatable bonds is 6. The second-order valence-electron chi connectivity index (χ2n) is 5.28. The number of carbonyl (C=O) groups excluding carboxylic acids is 3. The molecule has 0 spiro atoms. The van der Waals surface area contributed by atoms with Crippen molar-refractivity contribution in [3.63, 3.8) is 0 Å². The van der Waals surface area contributed by atoms with Gasteiger partial charge in [-0.25, -0.2) is 9.59 Å². The normalized spacial score (nSPS) is 10.3. The number of nitrogens with one attached hydrogen (secondary N) is 2. The van der Waals surface area contributed by atoms with Gasteiger partial charge in [0.05, 0.1) is 16.1 Å². The van der Waals surface area contributed by atoms with Crippen molar-refractivity contribution in [3.8, 4) is 0 Å². The van der Waals surface area contributed by atoms with Gasteiger partial charge in [-0.15, -0.1) is 11.3 Å². The van der Waals surface area contributed by atoms with Gasteiger partial charge in [0.2, 0.25) is 5.78 Å². The monoisotopic (exact) mass is 346 g/mol. The third-order valence-electron chi connectivity index (χ3n) is 2.95. The van der Waals surface area contributed by atoms with E-state index in [0.29, 0.717) is 10.6 Å². The Kier molecular flexibility index (Phi) is 6.08. The minimum atomic E-state index is -0.666. The summed E-state index contributed by atoms with van der Waals surface area (Å²) in [5.74, 6) is -0.929. The van der Waals surface area contributed by atoms with Gasteiger partial charge >= 0.3 is 12.0 Å². The lowest BCUT2D eigenvalue weighted by molar-refractivity contribution is 0.0477. The number of benzene rings is 1. The molecule has 2 amide bonds. The first kappa shape index (κ1) is 17.7. The highest BCUT2D eigenvalue weighted by molar-refractivity contribution is 7.12. The number of ether oxygens (including phenoxy) is 1. The van der Waals surface area contributed by atoms with Crippen LogP contribution in [-0.4, -0.2) is 30.4 Å². The van der Waals surface area contributed by atoms with Crippen molar-refractivity contribution in [2.45, 2.75) is 19.9 Å². The number of Topliss-reactive ketones (excluding diaryl/α,β-unsaturated/α-hetero) is 1. The Morgan fingerprint density at radius 2 is 1.88 bits per heavy atom. The molecule has 1 heterocycles. The highest BCUT2D eigenvalue weighted by Crippen LogP contribution is 2.17. The number of anilines is 1. The van der Waals surface area contributed by atoms with Crippen molar-refractivity contribution in [2.75, 3.05) is 11.9 Å². The second kappa shape index (κ2) is 8.26. The lowest BCUT2D eigenvalue weighted by atomic mass is 10.2. The molecule has 0 aliphatic carbocycles. The quantitative estimate of drug-likeness (QED) is 0.621. The zero-order valence-corrected chi connectivity index (χ0v) is 14.2. The molecular weight excluding hydrogens is 328 g/mol. The standard InChI is InChI=1S/C17H18N2O4S/c1-11(2)18-17(22)19-13-7-4-3-6-12(13)16(21)23-10-14(20)15-8-5-9-24-15/h3-9,11H,10H2,1-2H3,(H2,18,19,22). The molecule has 2 aromatic rings. The van der Waals surface area contributed by atoms with E-state index in [2.05, 4.69) is 10.6 Å². The number of carbonyl (C=O) groups is 3. The minimum Gasteiger partial charge on any atom is -0.454 e. The largest absolute Gasteiger partial charge is 0.454 e. The lowest BCUT2D eigenvalue weighted by Gasteiger charge is -2.13. The summed E-state index contributed by atoms with van der Waals surface area (Å²) in [6.07, 6.45) is 0. The Hall–Kier alpha value is -2.67. The molecular formula is C17H18N2O4S. The zero-order chi connectivity index (χ0) is 17.5. The summed E-state index contributed by atoms with van der Waals surface area (Å²) in [4.78, 5) is 36.4. The molecule has 0 fully saturated rings. The van der Waals surface area contributed by atoms with E-state index in [-0.39, 0.29) is 24.0 Å². The third-order valence-corrected chi connectivity index (χ3v) is 3.86. The molecule has 1 aromatic carbocycles. The number of thiophene rings is 1. The summed E-state index contributed by atoms with van der Waals surface area (Å²) in [6.45, 7) is 3.32. The van der Waals surface area contributed by atoms with Crippen LogP contribution in [0.5, 0.6) is 0 Å². The summed E-state index contributed by atoms with van der Waals surface area (Å²) in [5.41, 5.74) is 0.514. The maximum absolute atomic E-state index is 12.2. The number of hydrogen-bond donors (Lipinski definition) is 2. The molecule has 0 atom stereocenters. The molecule has 0 radical (unpaired) electrons. The molecule has 0 saturated carbocycles. The van der Waals surface area contributed by atoms with Gasteiger partial charge < -0.3 is 15.4 Å². The number of ketones is 1. The Bertz CT molecular complexity index is 726. The molecule has 0 bridgehead atoms. The van der Waals surface area contributed by atoms with Crippen LogP contribution in [-0.2, 0) is 4.74 Å². The van der Waals surface area contributed by atoms with Gasteiger partial charge in [-0.1, -0.05) is 18.2 Å². The summed E-state index contributed by atoms with van der Waals surface area (Å²) in [5, 5.41) is 7.05. The highest BCUT2D eigenvalue weighted by atomic mass is 32.1. The SMILES string of the molecule is CC(C)NC(=O)Nc1ccccc1C(=O)OCC(=O)c1cccs1. The van der Waals surface area contributed by atoms with E-state index < -0.39 is 12.0 Å². The Morgan fingerprint density at radius 1 is 1.12 bits per heavy atom. The van der Waals surface area contributed by atoms with Crippen LogP contribution < -0.4 is 10.6 Å². The summed E-state index contributed by atoms with van der Waals surface area (Å²) in [6, 6.07) is 9.45. The first-order valence-corrected chi connectivity index (χ1v) is 8.25. The van der Waals surface area contributed by atoms with Crippen LogP contribution in [0.15, 0.2) is 41.8 Å². The molecule has 0 aliphatic heterocycles. The van der Waals surface area contributed by atoms with E-state index in [1.54, 1.807) is 35.7 Å². The molecule has 0 saturated heterocycles. The minimum absolute atomic E-state index is 0.0347. The van der Waals surface area contributed by atoms with Crippen molar-refractivity contribution >= 4 is 34.8 Å². The van der Waals surface area contributed by atoms with Gasteiger partial charge in [-0.2, -0.15) is 0 Å². The summed E-state index contributed by atoms with van der Waals surface area (Å²) < 4.78 is 5.06. The highest BCUT2D eigenvalue weighted by Gasteiger charge is 2.17. The first-order chi connectivity index (χ1) is 11.5. The van der Waals surface area contributed by atoms with E-state index in [0.717, 1.165) is 0 Å². The van der Waals surface area contributed by atoms with E-state index >= 15 is 0 Å². The van der Waals surface area contributed by atoms with Crippen LogP contribution in [0.2, 0.25) is 0 Å². The Balaban J connectivity index is 2.01. The number of amides is 2. The van der Waals surface area contributed by atoms with Crippen molar-refractivity contribution in [1.82, 2.24) is 5.32 Å². The van der Waals surface area contributed by atoms with E-state index in [1.807, 2.05) is 13.8 Å². The Labute approximate surface area is 143 Å². The van der Waals surface area contributed by atoms with Crippen LogP contribution >= 0.6 is 11.3 Å². The first-order valence-electron chi connectivity index (χ1n) is 7.37. The lowest BCUT2D eigenvalue weighted by Crippen LogP contribution is -2.34. The van der Waals surface area contributed by atoms with Gasteiger partial charge in [0, 0.05) is 6.04 Å². The summed E-state index contributed by atoms with van der Waals surface area (Å²) in [7, 11) is 0. The van der Waals surface area contributed by atoms with Crippen LogP contribution in [0.4, 0.5) is 10.5 Å². The van der Waals surface area contributed by atoms with Crippen LogP contribution in [0.3, 0.4) is 0 Å². The molecule has 0 unspecified atom stereocenters. The number of urea groups is 1. The number of para-hydroxylation sites is 1. The second-order valence-corrected chi connectivity index (χ2v) is 6.22. The van der Waals surface area contributed by atoms with Gasteiger partial charge in [-0.3, -0.25) is 4.79 Å². The van der Waals surface area contributed by atoms with Crippen molar-refractivity contribution in [1.29, 1.82) is 0 Å². The average molecular weight is 346 g/mol.